The lowest BCUT2D eigenvalue weighted by molar-refractivity contribution is 0.706. The van der Waals surface area contributed by atoms with Crippen molar-refractivity contribution < 1.29 is 0 Å². The second kappa shape index (κ2) is 5.60. The van der Waals surface area contributed by atoms with E-state index in [4.69, 9.17) is 5.73 Å². The monoisotopic (exact) mass is 275 g/mol. The van der Waals surface area contributed by atoms with Gasteiger partial charge in [0.1, 0.15) is 11.5 Å². The number of aromatic amines is 1. The number of nitrogens with two attached hydrogens (primary N) is 1. The molecular formula is C13H17N5O2. The van der Waals surface area contributed by atoms with E-state index in [1.54, 1.807) is 13.1 Å². The lowest BCUT2D eigenvalue weighted by Crippen LogP contribution is -2.33. The van der Waals surface area contributed by atoms with E-state index in [1.807, 2.05) is 19.1 Å². The predicted octanol–water partition coefficient (Wildman–Crippen LogP) is 0.454. The second-order valence-electron chi connectivity index (χ2n) is 4.43. The van der Waals surface area contributed by atoms with Crippen molar-refractivity contribution in [1.82, 2.24) is 14.5 Å². The summed E-state index contributed by atoms with van der Waals surface area (Å²) in [5, 5.41) is 2.95. The Morgan fingerprint density at radius 1 is 1.40 bits per heavy atom. The van der Waals surface area contributed by atoms with Crippen LogP contribution in [0.4, 0.5) is 11.5 Å². The third kappa shape index (κ3) is 2.71. The highest BCUT2D eigenvalue weighted by atomic mass is 16.2. The number of nitrogens with zero attached hydrogens (tertiary/aromatic N) is 2. The summed E-state index contributed by atoms with van der Waals surface area (Å²) in [5.74, 6) is 0.140. The molecule has 2 rings (SSSR count). The van der Waals surface area contributed by atoms with Crippen molar-refractivity contribution in [1.29, 1.82) is 0 Å². The van der Waals surface area contributed by atoms with Crippen LogP contribution in [0.1, 0.15) is 18.2 Å². The lowest BCUT2D eigenvalue weighted by Gasteiger charge is -2.12. The minimum atomic E-state index is -0.516. The average Bonchev–Trinajstić information content (AvgIpc) is 2.40. The molecule has 0 aliphatic carbocycles. The molecule has 0 unspecified atom stereocenters. The van der Waals surface area contributed by atoms with Crippen LogP contribution >= 0.6 is 0 Å². The van der Waals surface area contributed by atoms with Gasteiger partial charge in [-0.05, 0) is 25.5 Å². The molecule has 2 heterocycles. The van der Waals surface area contributed by atoms with Crippen LogP contribution in [0.2, 0.25) is 0 Å². The van der Waals surface area contributed by atoms with E-state index < -0.39 is 11.2 Å². The maximum absolute atomic E-state index is 11.8. The largest absolute Gasteiger partial charge is 0.383 e. The minimum absolute atomic E-state index is 0.140. The van der Waals surface area contributed by atoms with E-state index >= 15 is 0 Å². The molecule has 106 valence electrons. The van der Waals surface area contributed by atoms with Gasteiger partial charge in [-0.25, -0.2) is 4.79 Å². The maximum atomic E-state index is 11.8. The molecule has 0 aliphatic rings. The molecule has 0 saturated carbocycles. The Morgan fingerprint density at radius 3 is 2.75 bits per heavy atom. The smallest absolute Gasteiger partial charge is 0.330 e. The highest BCUT2D eigenvalue weighted by Crippen LogP contribution is 2.11. The Morgan fingerprint density at radius 2 is 2.15 bits per heavy atom. The molecule has 0 amide bonds. The van der Waals surface area contributed by atoms with Crippen molar-refractivity contribution in [2.24, 2.45) is 0 Å². The van der Waals surface area contributed by atoms with Crippen molar-refractivity contribution in [3.8, 4) is 0 Å². The van der Waals surface area contributed by atoms with Crippen LogP contribution in [-0.2, 0) is 13.1 Å². The highest BCUT2D eigenvalue weighted by Gasteiger charge is 2.10. The summed E-state index contributed by atoms with van der Waals surface area (Å²) in [6.07, 6.45) is 1.72. The van der Waals surface area contributed by atoms with Crippen LogP contribution in [-0.4, -0.2) is 14.5 Å². The van der Waals surface area contributed by atoms with Crippen molar-refractivity contribution in [2.45, 2.75) is 26.9 Å². The van der Waals surface area contributed by atoms with E-state index in [0.717, 1.165) is 11.3 Å². The first-order chi connectivity index (χ1) is 9.52. The summed E-state index contributed by atoms with van der Waals surface area (Å²) in [5.41, 5.74) is 6.87. The normalized spacial score (nSPS) is 10.5. The van der Waals surface area contributed by atoms with Crippen LogP contribution in [0, 0.1) is 6.92 Å². The molecule has 7 nitrogen and oxygen atoms in total. The van der Waals surface area contributed by atoms with Gasteiger partial charge >= 0.3 is 5.69 Å². The molecule has 2 aromatic rings. The number of rotatable bonds is 4. The molecule has 20 heavy (non-hydrogen) atoms. The Kier molecular flexibility index (Phi) is 3.88. The molecule has 0 fully saturated rings. The van der Waals surface area contributed by atoms with Gasteiger partial charge in [0.15, 0.2) is 0 Å². The van der Waals surface area contributed by atoms with E-state index in [1.165, 1.54) is 4.57 Å². The quantitative estimate of drug-likeness (QED) is 0.751. The van der Waals surface area contributed by atoms with Gasteiger partial charge in [0.05, 0.1) is 0 Å². The van der Waals surface area contributed by atoms with Crippen LogP contribution in [0.5, 0.6) is 0 Å². The SMILES string of the molecule is CCn1c(N)c(NCc2ccc(C)nc2)c(=O)[nH]c1=O. The maximum Gasteiger partial charge on any atom is 0.330 e. The lowest BCUT2D eigenvalue weighted by atomic mass is 10.2. The summed E-state index contributed by atoms with van der Waals surface area (Å²) in [4.78, 5) is 29.7. The van der Waals surface area contributed by atoms with Gasteiger partial charge in [0, 0.05) is 25.0 Å². The van der Waals surface area contributed by atoms with Gasteiger partial charge in [-0.15, -0.1) is 0 Å². The van der Waals surface area contributed by atoms with Crippen LogP contribution in [0.15, 0.2) is 27.9 Å². The molecule has 7 heteroatoms. The molecular weight excluding hydrogens is 258 g/mol. The number of pyridine rings is 1. The van der Waals surface area contributed by atoms with Gasteiger partial charge < -0.3 is 11.1 Å². The van der Waals surface area contributed by atoms with Gasteiger partial charge in [0.2, 0.25) is 0 Å². The van der Waals surface area contributed by atoms with Crippen molar-refractivity contribution in [3.05, 3.63) is 50.4 Å². The molecule has 0 aromatic carbocycles. The van der Waals surface area contributed by atoms with Crippen molar-refractivity contribution in [3.63, 3.8) is 0 Å². The number of nitrogen functional groups attached to an aromatic ring is 1. The highest BCUT2D eigenvalue weighted by molar-refractivity contribution is 5.60. The molecule has 0 bridgehead atoms. The predicted molar refractivity (Wildman–Crippen MR) is 77.7 cm³/mol. The summed E-state index contributed by atoms with van der Waals surface area (Å²) >= 11 is 0. The van der Waals surface area contributed by atoms with Crippen molar-refractivity contribution >= 4 is 11.5 Å². The van der Waals surface area contributed by atoms with Gasteiger partial charge in [-0.1, -0.05) is 6.07 Å². The zero-order valence-corrected chi connectivity index (χ0v) is 11.4. The summed E-state index contributed by atoms with van der Waals surface area (Å²) < 4.78 is 1.30. The van der Waals surface area contributed by atoms with Gasteiger partial charge in [0.25, 0.3) is 5.56 Å². The second-order valence-corrected chi connectivity index (χ2v) is 4.43. The molecule has 0 saturated heterocycles. The molecule has 0 aliphatic heterocycles. The van der Waals surface area contributed by atoms with Crippen LogP contribution in [0.25, 0.3) is 0 Å². The third-order valence-corrected chi connectivity index (χ3v) is 3.00. The topological polar surface area (TPSA) is 106 Å². The fourth-order valence-electron chi connectivity index (χ4n) is 1.87. The molecule has 0 atom stereocenters. The Labute approximate surface area is 115 Å². The number of aromatic nitrogens is 3. The van der Waals surface area contributed by atoms with Gasteiger partial charge in [-0.3, -0.25) is 19.3 Å². The molecule has 0 spiro atoms. The fraction of sp³-hybridized carbons (Fsp3) is 0.308. The number of hydrogen-bond donors (Lipinski definition) is 3. The first kappa shape index (κ1) is 13.9. The van der Waals surface area contributed by atoms with Gasteiger partial charge in [-0.2, -0.15) is 0 Å². The fourth-order valence-corrected chi connectivity index (χ4v) is 1.87. The van der Waals surface area contributed by atoms with E-state index in [-0.39, 0.29) is 11.5 Å². The van der Waals surface area contributed by atoms with E-state index in [0.29, 0.717) is 13.1 Å². The molecule has 0 radical (unpaired) electrons. The number of hydrogen-bond acceptors (Lipinski definition) is 5. The zero-order chi connectivity index (χ0) is 14.7. The summed E-state index contributed by atoms with van der Waals surface area (Å²) in [6, 6.07) is 3.80. The Bertz CT molecular complexity index is 715. The molecule has 2 aromatic heterocycles. The van der Waals surface area contributed by atoms with E-state index in [2.05, 4.69) is 15.3 Å². The summed E-state index contributed by atoms with van der Waals surface area (Å²) in [7, 11) is 0. The summed E-state index contributed by atoms with van der Waals surface area (Å²) in [6.45, 7) is 4.48. The number of anilines is 2. The van der Waals surface area contributed by atoms with Crippen LogP contribution < -0.4 is 22.3 Å². The minimum Gasteiger partial charge on any atom is -0.383 e. The zero-order valence-electron chi connectivity index (χ0n) is 11.4. The number of H-pyrrole nitrogens is 1. The van der Waals surface area contributed by atoms with E-state index in [9.17, 15) is 9.59 Å². The number of aryl methyl sites for hydroxylation is 1. The standard InChI is InChI=1S/C13H17N5O2/c1-3-18-11(14)10(12(19)17-13(18)20)16-7-9-5-4-8(2)15-6-9/h4-6,16H,3,7,14H2,1-2H3,(H,17,19,20). The number of nitrogens with one attached hydrogen (secondary N) is 2. The Hall–Kier alpha value is -2.57. The third-order valence-electron chi connectivity index (χ3n) is 3.00. The average molecular weight is 275 g/mol. The van der Waals surface area contributed by atoms with Crippen LogP contribution in [0.3, 0.4) is 0 Å². The first-order valence-electron chi connectivity index (χ1n) is 6.31. The Balaban J connectivity index is 2.28. The molecule has 4 N–H and O–H groups in total. The first-order valence-corrected chi connectivity index (χ1v) is 6.31. The van der Waals surface area contributed by atoms with Crippen molar-refractivity contribution in [2.75, 3.05) is 11.1 Å².